The number of likely N-dealkylation sites (N-methyl/N-ethyl adjacent to an activating group) is 1. The third-order valence-corrected chi connectivity index (χ3v) is 5.50. The molecule has 2 aliphatic heterocycles. The second-order valence-electron chi connectivity index (χ2n) is 7.20. The van der Waals surface area contributed by atoms with Gasteiger partial charge in [0.2, 0.25) is 0 Å². The number of carbonyl (C=O) groups excluding carboxylic acids is 2. The smallest absolute Gasteiger partial charge is 0.278 e. The zero-order valence-electron chi connectivity index (χ0n) is 16.3. The van der Waals surface area contributed by atoms with E-state index in [9.17, 15) is 14.0 Å². The van der Waals surface area contributed by atoms with Crippen molar-refractivity contribution in [2.45, 2.75) is 13.5 Å². The van der Waals surface area contributed by atoms with Gasteiger partial charge in [0.1, 0.15) is 11.5 Å². The molecule has 2 aromatic rings. The lowest BCUT2D eigenvalue weighted by molar-refractivity contribution is -0.138. The number of rotatable bonds is 5. The number of benzene rings is 1. The number of hydrogen-bond acceptors (Lipinski definition) is 5. The lowest BCUT2D eigenvalue weighted by Gasteiger charge is -2.36. The fourth-order valence-corrected chi connectivity index (χ4v) is 3.84. The number of hydrogen-bond donors (Lipinski definition) is 0. The van der Waals surface area contributed by atoms with E-state index in [2.05, 4.69) is 16.8 Å². The van der Waals surface area contributed by atoms with E-state index in [1.165, 1.54) is 17.0 Å². The van der Waals surface area contributed by atoms with Gasteiger partial charge < -0.3 is 9.80 Å². The molecule has 0 radical (unpaired) electrons. The Morgan fingerprint density at radius 3 is 2.21 bits per heavy atom. The van der Waals surface area contributed by atoms with E-state index in [4.69, 9.17) is 0 Å². The van der Waals surface area contributed by atoms with E-state index in [1.54, 1.807) is 36.7 Å². The van der Waals surface area contributed by atoms with Crippen LogP contribution in [-0.2, 0) is 16.1 Å². The zero-order chi connectivity index (χ0) is 20.4. The van der Waals surface area contributed by atoms with Gasteiger partial charge in [0.15, 0.2) is 0 Å². The summed E-state index contributed by atoms with van der Waals surface area (Å²) in [6.45, 7) is 6.28. The van der Waals surface area contributed by atoms with Crippen molar-refractivity contribution in [1.29, 1.82) is 0 Å². The van der Waals surface area contributed by atoms with Gasteiger partial charge in [-0.05, 0) is 41.9 Å². The average Bonchev–Trinajstić information content (AvgIpc) is 3.00. The molecule has 1 aromatic carbocycles. The van der Waals surface area contributed by atoms with Crippen LogP contribution in [0.25, 0.3) is 5.57 Å². The number of nitrogens with zero attached hydrogens (tertiary/aromatic N) is 4. The van der Waals surface area contributed by atoms with Crippen LogP contribution in [0, 0.1) is 5.82 Å². The Labute approximate surface area is 169 Å². The Morgan fingerprint density at radius 1 is 0.931 bits per heavy atom. The Balaban J connectivity index is 1.70. The Kier molecular flexibility index (Phi) is 5.40. The van der Waals surface area contributed by atoms with Gasteiger partial charge >= 0.3 is 0 Å². The monoisotopic (exact) mass is 394 g/mol. The molecule has 2 amide bonds. The zero-order valence-corrected chi connectivity index (χ0v) is 16.3. The summed E-state index contributed by atoms with van der Waals surface area (Å²) >= 11 is 0. The molecule has 1 saturated heterocycles. The van der Waals surface area contributed by atoms with Crippen LogP contribution in [0.1, 0.15) is 18.1 Å². The molecule has 0 N–H and O–H groups in total. The summed E-state index contributed by atoms with van der Waals surface area (Å²) in [5.41, 5.74) is 2.17. The third-order valence-electron chi connectivity index (χ3n) is 5.50. The predicted molar refractivity (Wildman–Crippen MR) is 107 cm³/mol. The molecule has 1 fully saturated rings. The summed E-state index contributed by atoms with van der Waals surface area (Å²) in [6, 6.07) is 9.34. The van der Waals surface area contributed by atoms with Crippen molar-refractivity contribution in [3.8, 4) is 0 Å². The number of piperazine rings is 1. The van der Waals surface area contributed by atoms with Gasteiger partial charge in [0, 0.05) is 38.6 Å². The molecule has 0 bridgehead atoms. The maximum absolute atomic E-state index is 13.4. The van der Waals surface area contributed by atoms with Crippen LogP contribution in [0.4, 0.5) is 4.39 Å². The topological polar surface area (TPSA) is 56.8 Å². The fourth-order valence-electron chi connectivity index (χ4n) is 3.84. The highest BCUT2D eigenvalue weighted by molar-refractivity contribution is 6.35. The van der Waals surface area contributed by atoms with Crippen molar-refractivity contribution in [2.75, 3.05) is 32.7 Å². The molecule has 4 rings (SSSR count). The van der Waals surface area contributed by atoms with Crippen molar-refractivity contribution in [3.05, 3.63) is 71.4 Å². The first-order valence-electron chi connectivity index (χ1n) is 9.81. The summed E-state index contributed by atoms with van der Waals surface area (Å²) < 4.78 is 13.4. The van der Waals surface area contributed by atoms with Gasteiger partial charge in [-0.25, -0.2) is 4.39 Å². The van der Waals surface area contributed by atoms with Gasteiger partial charge in [-0.3, -0.25) is 19.5 Å². The summed E-state index contributed by atoms with van der Waals surface area (Å²) in [7, 11) is 0. The number of pyridine rings is 1. The largest absolute Gasteiger partial charge is 0.364 e. The molecule has 2 aliphatic rings. The van der Waals surface area contributed by atoms with Crippen molar-refractivity contribution >= 4 is 17.4 Å². The van der Waals surface area contributed by atoms with Gasteiger partial charge in [0.25, 0.3) is 11.8 Å². The minimum atomic E-state index is -0.377. The van der Waals surface area contributed by atoms with E-state index in [0.29, 0.717) is 29.9 Å². The highest BCUT2D eigenvalue weighted by atomic mass is 19.1. The van der Waals surface area contributed by atoms with E-state index in [-0.39, 0.29) is 24.2 Å². The van der Waals surface area contributed by atoms with Gasteiger partial charge in [-0.2, -0.15) is 0 Å². The molecular weight excluding hydrogens is 371 g/mol. The highest BCUT2D eigenvalue weighted by Crippen LogP contribution is 2.33. The number of carbonyl (C=O) groups is 2. The van der Waals surface area contributed by atoms with Gasteiger partial charge in [-0.15, -0.1) is 0 Å². The van der Waals surface area contributed by atoms with E-state index >= 15 is 0 Å². The summed E-state index contributed by atoms with van der Waals surface area (Å²) in [4.78, 5) is 36.2. The van der Waals surface area contributed by atoms with Crippen LogP contribution in [0.3, 0.4) is 0 Å². The summed E-state index contributed by atoms with van der Waals surface area (Å²) in [6.07, 6.45) is 3.28. The molecule has 0 spiro atoms. The minimum absolute atomic E-state index is 0.184. The van der Waals surface area contributed by atoms with Crippen molar-refractivity contribution in [1.82, 2.24) is 19.7 Å². The SMILES string of the molecule is CCN1CCN(C2=C(c3ccc(F)cc3)C(=O)N(Cc3ccncc3)C2=O)CC1. The van der Waals surface area contributed by atoms with Crippen LogP contribution >= 0.6 is 0 Å². The van der Waals surface area contributed by atoms with Crippen LogP contribution in [-0.4, -0.2) is 64.2 Å². The van der Waals surface area contributed by atoms with E-state index < -0.39 is 0 Å². The maximum Gasteiger partial charge on any atom is 0.278 e. The third kappa shape index (κ3) is 3.78. The Bertz CT molecular complexity index is 935. The van der Waals surface area contributed by atoms with Gasteiger partial charge in [0.05, 0.1) is 12.1 Å². The lowest BCUT2D eigenvalue weighted by Crippen LogP contribution is -2.47. The van der Waals surface area contributed by atoms with Crippen molar-refractivity contribution in [2.24, 2.45) is 0 Å². The minimum Gasteiger partial charge on any atom is -0.364 e. The average molecular weight is 394 g/mol. The van der Waals surface area contributed by atoms with E-state index in [0.717, 1.165) is 25.2 Å². The van der Waals surface area contributed by atoms with Crippen LogP contribution in [0.15, 0.2) is 54.5 Å². The molecule has 150 valence electrons. The second kappa shape index (κ2) is 8.13. The molecule has 0 unspecified atom stereocenters. The van der Waals surface area contributed by atoms with Crippen molar-refractivity contribution < 1.29 is 14.0 Å². The molecule has 6 nitrogen and oxygen atoms in total. The highest BCUT2D eigenvalue weighted by Gasteiger charge is 2.42. The molecular formula is C22H23FN4O2. The summed E-state index contributed by atoms with van der Waals surface area (Å²) in [5.74, 6) is -1.01. The number of halogens is 1. The van der Waals surface area contributed by atoms with E-state index in [1.807, 2.05) is 4.90 Å². The Hall–Kier alpha value is -3.06. The second-order valence-corrected chi connectivity index (χ2v) is 7.20. The number of amides is 2. The number of aromatic nitrogens is 1. The first kappa shape index (κ1) is 19.3. The molecule has 1 aromatic heterocycles. The standard InChI is InChI=1S/C22H23FN4O2/c1-2-25-11-13-26(14-12-25)20-19(17-3-5-18(23)6-4-17)21(28)27(22(20)29)15-16-7-9-24-10-8-16/h3-10H,2,11-15H2,1H3. The van der Waals surface area contributed by atoms with Gasteiger partial charge in [-0.1, -0.05) is 19.1 Å². The van der Waals surface area contributed by atoms with Crippen LogP contribution in [0.5, 0.6) is 0 Å². The molecule has 7 heteroatoms. The summed E-state index contributed by atoms with van der Waals surface area (Å²) in [5, 5.41) is 0. The first-order chi connectivity index (χ1) is 14.1. The maximum atomic E-state index is 13.4. The van der Waals surface area contributed by atoms with Crippen LogP contribution in [0.2, 0.25) is 0 Å². The van der Waals surface area contributed by atoms with Crippen LogP contribution < -0.4 is 0 Å². The fraction of sp³-hybridized carbons (Fsp3) is 0.318. The Morgan fingerprint density at radius 2 is 1.59 bits per heavy atom. The molecule has 0 aliphatic carbocycles. The predicted octanol–water partition coefficient (Wildman–Crippen LogP) is 2.14. The quantitative estimate of drug-likeness (QED) is 0.728. The lowest BCUT2D eigenvalue weighted by atomic mass is 10.0. The van der Waals surface area contributed by atoms with Crippen molar-refractivity contribution in [3.63, 3.8) is 0 Å². The molecule has 0 saturated carbocycles. The molecule has 0 atom stereocenters. The molecule has 29 heavy (non-hydrogen) atoms. The molecule has 3 heterocycles. The normalized spacial score (nSPS) is 18.1. The number of imide groups is 1. The first-order valence-corrected chi connectivity index (χ1v) is 9.81.